The Balaban J connectivity index is 1.70. The van der Waals surface area contributed by atoms with Crippen LogP contribution in [-0.2, 0) is 6.54 Å². The summed E-state index contributed by atoms with van der Waals surface area (Å²) in [6.45, 7) is 3.31. The van der Waals surface area contributed by atoms with E-state index >= 15 is 0 Å². The van der Waals surface area contributed by atoms with Gasteiger partial charge in [0, 0.05) is 18.8 Å². The highest BCUT2D eigenvalue weighted by molar-refractivity contribution is 5.97. The molecular formula is C24H30N4O2. The highest BCUT2D eigenvalue weighted by atomic mass is 16.5. The topological polar surface area (TPSA) is 60.2 Å². The van der Waals surface area contributed by atoms with Crippen LogP contribution in [0.5, 0.6) is 5.75 Å². The predicted octanol–water partition coefficient (Wildman–Crippen LogP) is 5.00. The van der Waals surface area contributed by atoms with Gasteiger partial charge in [0.2, 0.25) is 0 Å². The quantitative estimate of drug-likeness (QED) is 0.528. The summed E-state index contributed by atoms with van der Waals surface area (Å²) >= 11 is 0. The maximum absolute atomic E-state index is 13.5. The zero-order chi connectivity index (χ0) is 20.9. The molecule has 0 unspecified atom stereocenters. The van der Waals surface area contributed by atoms with Gasteiger partial charge in [0.25, 0.3) is 5.91 Å². The lowest BCUT2D eigenvalue weighted by Gasteiger charge is -2.25. The first-order valence-electron chi connectivity index (χ1n) is 11.0. The minimum Gasteiger partial charge on any atom is -0.496 e. The molecule has 1 aliphatic carbocycles. The zero-order valence-corrected chi connectivity index (χ0v) is 17.9. The smallest absolute Gasteiger partial charge is 0.258 e. The van der Waals surface area contributed by atoms with E-state index in [9.17, 15) is 4.79 Å². The van der Waals surface area contributed by atoms with Gasteiger partial charge in [-0.3, -0.25) is 4.79 Å². The molecule has 0 radical (unpaired) electrons. The number of amides is 1. The molecule has 2 heterocycles. The van der Waals surface area contributed by atoms with Crippen molar-refractivity contribution in [2.45, 2.75) is 58.0 Å². The van der Waals surface area contributed by atoms with Gasteiger partial charge in [0.15, 0.2) is 5.65 Å². The van der Waals surface area contributed by atoms with Crippen LogP contribution in [0.4, 0.5) is 0 Å². The van der Waals surface area contributed by atoms with Crippen molar-refractivity contribution in [2.24, 2.45) is 0 Å². The predicted molar refractivity (Wildman–Crippen MR) is 118 cm³/mol. The zero-order valence-electron chi connectivity index (χ0n) is 17.9. The summed E-state index contributed by atoms with van der Waals surface area (Å²) < 4.78 is 7.73. The van der Waals surface area contributed by atoms with Crippen molar-refractivity contribution in [3.8, 4) is 5.75 Å². The van der Waals surface area contributed by atoms with Crippen LogP contribution < -0.4 is 4.74 Å². The number of benzene rings is 1. The van der Waals surface area contributed by atoms with Crippen LogP contribution in [0, 0.1) is 0 Å². The summed E-state index contributed by atoms with van der Waals surface area (Å²) in [5.74, 6) is 1.52. The van der Waals surface area contributed by atoms with Crippen molar-refractivity contribution in [1.82, 2.24) is 19.4 Å². The summed E-state index contributed by atoms with van der Waals surface area (Å²) in [5.41, 5.74) is 2.43. The fraction of sp³-hybridized carbons (Fsp3) is 0.458. The number of unbranched alkanes of at least 4 members (excludes halogenated alkanes) is 1. The number of para-hydroxylation sites is 1. The number of methoxy groups -OCH3 is 1. The molecule has 3 aromatic rings. The molecule has 1 fully saturated rings. The SMILES string of the molecule is CCCCN(Cc1nc2cccnc2n1C1CCCC1)C(=O)c1ccccc1OC. The first-order valence-corrected chi connectivity index (χ1v) is 11.0. The fourth-order valence-electron chi connectivity index (χ4n) is 4.40. The Morgan fingerprint density at radius 3 is 2.77 bits per heavy atom. The molecule has 6 heteroatoms. The number of pyridine rings is 1. The lowest BCUT2D eigenvalue weighted by atomic mass is 10.1. The van der Waals surface area contributed by atoms with Gasteiger partial charge in [-0.05, 0) is 43.5 Å². The molecule has 0 N–H and O–H groups in total. The molecule has 1 aliphatic rings. The molecule has 0 atom stereocenters. The molecule has 30 heavy (non-hydrogen) atoms. The number of rotatable bonds is 8. The molecule has 1 aromatic carbocycles. The van der Waals surface area contributed by atoms with Crippen LogP contribution in [-0.4, -0.2) is 39.0 Å². The van der Waals surface area contributed by atoms with Gasteiger partial charge in [0.05, 0.1) is 19.2 Å². The fourth-order valence-corrected chi connectivity index (χ4v) is 4.40. The Bertz CT molecular complexity index is 1010. The molecule has 1 saturated carbocycles. The van der Waals surface area contributed by atoms with E-state index in [2.05, 4.69) is 16.5 Å². The number of carbonyl (C=O) groups excluding carboxylic acids is 1. The van der Waals surface area contributed by atoms with Gasteiger partial charge >= 0.3 is 0 Å². The first-order chi connectivity index (χ1) is 14.7. The third-order valence-electron chi connectivity index (χ3n) is 5.95. The molecule has 0 saturated heterocycles. The number of hydrogen-bond donors (Lipinski definition) is 0. The number of ether oxygens (including phenoxy) is 1. The molecule has 4 rings (SSSR count). The summed E-state index contributed by atoms with van der Waals surface area (Å²) in [4.78, 5) is 24.9. The highest BCUT2D eigenvalue weighted by Crippen LogP contribution is 2.33. The average Bonchev–Trinajstić information content (AvgIpc) is 3.43. The lowest BCUT2D eigenvalue weighted by molar-refractivity contribution is 0.0730. The molecule has 0 bridgehead atoms. The van der Waals surface area contributed by atoms with Crippen LogP contribution in [0.1, 0.15) is 67.7 Å². The Morgan fingerprint density at radius 1 is 1.20 bits per heavy atom. The minimum atomic E-state index is -0.0149. The Kier molecular flexibility index (Phi) is 6.31. The van der Waals surface area contributed by atoms with Crippen molar-refractivity contribution in [1.29, 1.82) is 0 Å². The second-order valence-electron chi connectivity index (χ2n) is 7.96. The summed E-state index contributed by atoms with van der Waals surface area (Å²) in [6.07, 6.45) is 8.55. The number of imidazole rings is 1. The molecule has 2 aromatic heterocycles. The van der Waals surface area contributed by atoms with Crippen molar-refractivity contribution < 1.29 is 9.53 Å². The van der Waals surface area contributed by atoms with Crippen LogP contribution in [0.3, 0.4) is 0 Å². The highest BCUT2D eigenvalue weighted by Gasteiger charge is 2.26. The Morgan fingerprint density at radius 2 is 2.00 bits per heavy atom. The van der Waals surface area contributed by atoms with Crippen LogP contribution >= 0.6 is 0 Å². The minimum absolute atomic E-state index is 0.0149. The van der Waals surface area contributed by atoms with Crippen molar-refractivity contribution in [3.63, 3.8) is 0 Å². The van der Waals surface area contributed by atoms with Crippen LogP contribution in [0.15, 0.2) is 42.6 Å². The third kappa shape index (κ3) is 4.04. The maximum Gasteiger partial charge on any atom is 0.258 e. The van der Waals surface area contributed by atoms with E-state index < -0.39 is 0 Å². The van der Waals surface area contributed by atoms with E-state index in [-0.39, 0.29) is 5.91 Å². The first kappa shape index (κ1) is 20.4. The van der Waals surface area contributed by atoms with Crippen molar-refractivity contribution in [2.75, 3.05) is 13.7 Å². The summed E-state index contributed by atoms with van der Waals surface area (Å²) in [7, 11) is 1.60. The van der Waals surface area contributed by atoms with E-state index in [1.807, 2.05) is 47.5 Å². The number of carbonyl (C=O) groups is 1. The standard InChI is InChI=1S/C24H30N4O2/c1-3-4-16-27(24(29)19-12-7-8-14-21(19)30-2)17-22-26-20-13-9-15-25-23(20)28(22)18-10-5-6-11-18/h7-9,12-15,18H,3-6,10-11,16-17H2,1-2H3. The van der Waals surface area contributed by atoms with Gasteiger partial charge in [-0.25, -0.2) is 9.97 Å². The second kappa shape index (κ2) is 9.28. The third-order valence-corrected chi connectivity index (χ3v) is 5.95. The van der Waals surface area contributed by atoms with E-state index in [1.54, 1.807) is 7.11 Å². The van der Waals surface area contributed by atoms with Crippen molar-refractivity contribution in [3.05, 3.63) is 54.0 Å². The van der Waals surface area contributed by atoms with E-state index in [0.717, 1.165) is 42.7 Å². The van der Waals surface area contributed by atoms with Gasteiger partial charge in [-0.1, -0.05) is 38.3 Å². The number of hydrogen-bond acceptors (Lipinski definition) is 4. The number of aromatic nitrogens is 3. The molecule has 0 aliphatic heterocycles. The van der Waals surface area contributed by atoms with Crippen molar-refractivity contribution >= 4 is 17.1 Å². The monoisotopic (exact) mass is 406 g/mol. The molecular weight excluding hydrogens is 376 g/mol. The van der Waals surface area contributed by atoms with Gasteiger partial charge in [-0.15, -0.1) is 0 Å². The van der Waals surface area contributed by atoms with Gasteiger partial charge in [-0.2, -0.15) is 0 Å². The van der Waals surface area contributed by atoms with Crippen LogP contribution in [0.25, 0.3) is 11.2 Å². The maximum atomic E-state index is 13.5. The molecule has 6 nitrogen and oxygen atoms in total. The number of nitrogens with zero attached hydrogens (tertiary/aromatic N) is 4. The van der Waals surface area contributed by atoms with Gasteiger partial charge in [0.1, 0.15) is 17.1 Å². The summed E-state index contributed by atoms with van der Waals surface area (Å²) in [5, 5.41) is 0. The Labute approximate surface area is 177 Å². The lowest BCUT2D eigenvalue weighted by Crippen LogP contribution is -2.33. The molecule has 1 amide bonds. The molecule has 0 spiro atoms. The van der Waals surface area contributed by atoms with E-state index in [0.29, 0.717) is 30.4 Å². The average molecular weight is 407 g/mol. The normalized spacial score (nSPS) is 14.3. The Hall–Kier alpha value is -2.89. The second-order valence-corrected chi connectivity index (χ2v) is 7.96. The molecule has 158 valence electrons. The number of fused-ring (bicyclic) bond motifs is 1. The van der Waals surface area contributed by atoms with Crippen LogP contribution in [0.2, 0.25) is 0 Å². The van der Waals surface area contributed by atoms with Gasteiger partial charge < -0.3 is 14.2 Å². The summed E-state index contributed by atoms with van der Waals surface area (Å²) in [6, 6.07) is 11.8. The van der Waals surface area contributed by atoms with E-state index in [4.69, 9.17) is 9.72 Å². The largest absolute Gasteiger partial charge is 0.496 e. The van der Waals surface area contributed by atoms with E-state index in [1.165, 1.54) is 12.8 Å².